The first-order valence-corrected chi connectivity index (χ1v) is 4.17. The average molecular weight is 251 g/mol. The Labute approximate surface area is 81.9 Å². The number of thiol groups is 1. The standard InChI is InChI=1S/C7H4BrFO2S/c8-3-1-4(7(10)11)6(9)5(12)2-3/h1-2,12H,(H,10,11). The van der Waals surface area contributed by atoms with Crippen LogP contribution >= 0.6 is 28.6 Å². The number of carboxylic acid groups (broad SMARTS) is 1. The van der Waals surface area contributed by atoms with E-state index in [1.165, 1.54) is 12.1 Å². The molecule has 5 heteroatoms. The maximum atomic E-state index is 13.0. The highest BCUT2D eigenvalue weighted by atomic mass is 79.9. The Morgan fingerprint density at radius 2 is 2.17 bits per heavy atom. The molecule has 1 aromatic carbocycles. The number of halogens is 2. The molecule has 0 radical (unpaired) electrons. The van der Waals surface area contributed by atoms with Gasteiger partial charge in [-0.3, -0.25) is 0 Å². The fraction of sp³-hybridized carbons (Fsp3) is 0. The Morgan fingerprint density at radius 3 is 2.67 bits per heavy atom. The molecule has 0 aromatic heterocycles. The fourth-order valence-corrected chi connectivity index (χ4v) is 1.62. The first-order valence-electron chi connectivity index (χ1n) is 2.93. The van der Waals surface area contributed by atoms with Gasteiger partial charge in [0.15, 0.2) is 5.82 Å². The molecule has 0 amide bonds. The third kappa shape index (κ3) is 1.78. The minimum absolute atomic E-state index is 0.0155. The van der Waals surface area contributed by atoms with Gasteiger partial charge in [0, 0.05) is 9.37 Å². The van der Waals surface area contributed by atoms with Crippen molar-refractivity contribution in [2.45, 2.75) is 4.90 Å². The van der Waals surface area contributed by atoms with Crippen molar-refractivity contribution in [2.75, 3.05) is 0 Å². The summed E-state index contributed by atoms with van der Waals surface area (Å²) in [7, 11) is 0. The fourth-order valence-electron chi connectivity index (χ4n) is 0.730. The highest BCUT2D eigenvalue weighted by Gasteiger charge is 2.13. The number of hydrogen-bond acceptors (Lipinski definition) is 2. The SMILES string of the molecule is O=C(O)c1cc(Br)cc(S)c1F. The summed E-state index contributed by atoms with van der Waals surface area (Å²) in [6.07, 6.45) is 0. The smallest absolute Gasteiger partial charge is 0.338 e. The van der Waals surface area contributed by atoms with Gasteiger partial charge in [-0.2, -0.15) is 0 Å². The van der Waals surface area contributed by atoms with Crippen LogP contribution in [0.1, 0.15) is 10.4 Å². The van der Waals surface area contributed by atoms with Crippen LogP contribution in [0, 0.1) is 5.82 Å². The maximum absolute atomic E-state index is 13.0. The number of carboxylic acids is 1. The number of hydrogen-bond donors (Lipinski definition) is 2. The van der Waals surface area contributed by atoms with Crippen molar-refractivity contribution in [3.8, 4) is 0 Å². The van der Waals surface area contributed by atoms with Crippen molar-refractivity contribution in [3.05, 3.63) is 28.0 Å². The van der Waals surface area contributed by atoms with Crippen LogP contribution in [0.5, 0.6) is 0 Å². The van der Waals surface area contributed by atoms with Crippen molar-refractivity contribution < 1.29 is 14.3 Å². The molecule has 0 atom stereocenters. The van der Waals surface area contributed by atoms with Crippen LogP contribution in [0.2, 0.25) is 0 Å². The molecule has 0 aliphatic rings. The number of carbonyl (C=O) groups is 1. The third-order valence-electron chi connectivity index (χ3n) is 1.25. The molecule has 0 aliphatic heterocycles. The summed E-state index contributed by atoms with van der Waals surface area (Å²) in [4.78, 5) is 10.4. The maximum Gasteiger partial charge on any atom is 0.338 e. The predicted molar refractivity (Wildman–Crippen MR) is 48.3 cm³/mol. The van der Waals surface area contributed by atoms with E-state index in [1.54, 1.807) is 0 Å². The van der Waals surface area contributed by atoms with E-state index in [0.717, 1.165) is 0 Å². The monoisotopic (exact) mass is 250 g/mol. The average Bonchev–Trinajstić information content (AvgIpc) is 1.96. The van der Waals surface area contributed by atoms with Crippen molar-refractivity contribution >= 4 is 34.5 Å². The topological polar surface area (TPSA) is 37.3 Å². The van der Waals surface area contributed by atoms with E-state index in [9.17, 15) is 9.18 Å². The van der Waals surface area contributed by atoms with Gasteiger partial charge in [0.2, 0.25) is 0 Å². The van der Waals surface area contributed by atoms with Crippen LogP contribution in [0.25, 0.3) is 0 Å². The van der Waals surface area contributed by atoms with E-state index in [2.05, 4.69) is 28.6 Å². The Balaban J connectivity index is 3.37. The zero-order chi connectivity index (χ0) is 9.30. The largest absolute Gasteiger partial charge is 0.478 e. The second-order valence-corrected chi connectivity index (χ2v) is 3.49. The van der Waals surface area contributed by atoms with Gasteiger partial charge >= 0.3 is 5.97 Å². The molecule has 0 saturated heterocycles. The van der Waals surface area contributed by atoms with Crippen molar-refractivity contribution in [1.82, 2.24) is 0 Å². The van der Waals surface area contributed by atoms with Crippen LogP contribution in [-0.2, 0) is 0 Å². The zero-order valence-electron chi connectivity index (χ0n) is 5.71. The molecule has 0 fully saturated rings. The van der Waals surface area contributed by atoms with Gasteiger partial charge in [-0.15, -0.1) is 12.6 Å². The molecule has 1 aromatic rings. The van der Waals surface area contributed by atoms with E-state index in [0.29, 0.717) is 4.47 Å². The Morgan fingerprint density at radius 1 is 1.58 bits per heavy atom. The lowest BCUT2D eigenvalue weighted by Crippen LogP contribution is -2.01. The van der Waals surface area contributed by atoms with Gasteiger partial charge in [0.1, 0.15) is 0 Å². The molecular weight excluding hydrogens is 247 g/mol. The molecule has 12 heavy (non-hydrogen) atoms. The molecule has 2 nitrogen and oxygen atoms in total. The molecule has 1 N–H and O–H groups in total. The van der Waals surface area contributed by atoms with Gasteiger partial charge in [-0.25, -0.2) is 9.18 Å². The summed E-state index contributed by atoms with van der Waals surface area (Å²) in [6, 6.07) is 2.59. The van der Waals surface area contributed by atoms with Crippen LogP contribution < -0.4 is 0 Å². The Bertz CT molecular complexity index is 340. The third-order valence-corrected chi connectivity index (χ3v) is 2.03. The van der Waals surface area contributed by atoms with Gasteiger partial charge in [-0.1, -0.05) is 15.9 Å². The summed E-state index contributed by atoms with van der Waals surface area (Å²) in [5, 5.41) is 8.52. The summed E-state index contributed by atoms with van der Waals surface area (Å²) < 4.78 is 13.4. The summed E-state index contributed by atoms with van der Waals surface area (Å²) in [6.45, 7) is 0. The first kappa shape index (κ1) is 9.54. The highest BCUT2D eigenvalue weighted by molar-refractivity contribution is 9.10. The lowest BCUT2D eigenvalue weighted by Gasteiger charge is -2.00. The first-order chi connectivity index (χ1) is 5.52. The van der Waals surface area contributed by atoms with Crippen LogP contribution in [0.15, 0.2) is 21.5 Å². The Kier molecular flexibility index (Phi) is 2.74. The van der Waals surface area contributed by atoms with E-state index < -0.39 is 11.8 Å². The van der Waals surface area contributed by atoms with Gasteiger partial charge in [0.25, 0.3) is 0 Å². The summed E-state index contributed by atoms with van der Waals surface area (Å²) in [5.74, 6) is -2.11. The molecule has 0 saturated carbocycles. The van der Waals surface area contributed by atoms with Crippen molar-refractivity contribution in [3.63, 3.8) is 0 Å². The van der Waals surface area contributed by atoms with Crippen molar-refractivity contribution in [2.24, 2.45) is 0 Å². The molecule has 0 heterocycles. The van der Waals surface area contributed by atoms with E-state index in [1.807, 2.05) is 0 Å². The molecule has 64 valence electrons. The van der Waals surface area contributed by atoms with Crippen molar-refractivity contribution in [1.29, 1.82) is 0 Å². The molecule has 0 spiro atoms. The normalized spacial score (nSPS) is 9.92. The number of rotatable bonds is 1. The Hall–Kier alpha value is -0.550. The molecule has 0 unspecified atom stereocenters. The van der Waals surface area contributed by atoms with Gasteiger partial charge < -0.3 is 5.11 Å². The molecular formula is C7H4BrFO2S. The zero-order valence-corrected chi connectivity index (χ0v) is 8.19. The molecule has 1 rings (SSSR count). The van der Waals surface area contributed by atoms with Crippen LogP contribution in [0.3, 0.4) is 0 Å². The second kappa shape index (κ2) is 3.45. The highest BCUT2D eigenvalue weighted by Crippen LogP contribution is 2.22. The minimum atomic E-state index is -1.30. The summed E-state index contributed by atoms with van der Waals surface area (Å²) >= 11 is 6.80. The number of aromatic carboxylic acids is 1. The minimum Gasteiger partial charge on any atom is -0.478 e. The quantitative estimate of drug-likeness (QED) is 0.752. The molecule has 0 bridgehead atoms. The molecule has 0 aliphatic carbocycles. The lowest BCUT2D eigenvalue weighted by molar-refractivity contribution is 0.0691. The van der Waals surface area contributed by atoms with E-state index in [-0.39, 0.29) is 10.5 Å². The van der Waals surface area contributed by atoms with E-state index in [4.69, 9.17) is 5.11 Å². The number of benzene rings is 1. The lowest BCUT2D eigenvalue weighted by atomic mass is 10.2. The van der Waals surface area contributed by atoms with Gasteiger partial charge in [0.05, 0.1) is 5.56 Å². The van der Waals surface area contributed by atoms with Crippen LogP contribution in [0.4, 0.5) is 4.39 Å². The van der Waals surface area contributed by atoms with Crippen LogP contribution in [-0.4, -0.2) is 11.1 Å². The second-order valence-electron chi connectivity index (χ2n) is 2.09. The predicted octanol–water partition coefficient (Wildman–Crippen LogP) is 2.58. The van der Waals surface area contributed by atoms with E-state index >= 15 is 0 Å². The summed E-state index contributed by atoms with van der Waals surface area (Å²) in [5.41, 5.74) is -0.380. The van der Waals surface area contributed by atoms with Gasteiger partial charge in [-0.05, 0) is 12.1 Å².